The zero-order valence-electron chi connectivity index (χ0n) is 7.22. The third kappa shape index (κ3) is 2.94. The molecule has 2 nitrogen and oxygen atoms in total. The molecule has 0 saturated carbocycles. The molecule has 0 heterocycles. The van der Waals surface area contributed by atoms with E-state index in [-0.39, 0.29) is 0 Å². The predicted molar refractivity (Wildman–Crippen MR) is 47.7 cm³/mol. The second kappa shape index (κ2) is 4.61. The van der Waals surface area contributed by atoms with Crippen LogP contribution in [0.3, 0.4) is 0 Å². The van der Waals surface area contributed by atoms with Crippen LogP contribution in [-0.2, 0) is 4.79 Å². The Kier molecular flexibility index (Phi) is 4.11. The molecule has 11 heavy (non-hydrogen) atoms. The van der Waals surface area contributed by atoms with Crippen LogP contribution in [0.1, 0.15) is 20.8 Å². The maximum Gasteiger partial charge on any atom is 0.152 e. The summed E-state index contributed by atoms with van der Waals surface area (Å²) in [7, 11) is 0. The Bertz CT molecular complexity index is 224. The number of aliphatic imine (C=N–C) groups is 1. The molecule has 0 bridgehead atoms. The molecule has 0 aromatic carbocycles. The third-order valence-corrected chi connectivity index (χ3v) is 1.29. The number of nitrogens with zero attached hydrogens (tertiary/aromatic N) is 1. The fourth-order valence-electron chi connectivity index (χ4n) is 0.758. The van der Waals surface area contributed by atoms with Gasteiger partial charge >= 0.3 is 0 Å². The highest BCUT2D eigenvalue weighted by Gasteiger charge is 1.99. The zero-order valence-corrected chi connectivity index (χ0v) is 7.22. The van der Waals surface area contributed by atoms with Gasteiger partial charge in [0, 0.05) is 17.5 Å². The van der Waals surface area contributed by atoms with E-state index in [1.807, 2.05) is 6.92 Å². The van der Waals surface area contributed by atoms with Gasteiger partial charge < -0.3 is 0 Å². The number of carbonyl (C=O) groups excluding carboxylic acids is 1. The summed E-state index contributed by atoms with van der Waals surface area (Å²) in [5.74, 6) is 0. The van der Waals surface area contributed by atoms with Gasteiger partial charge in [-0.2, -0.15) is 0 Å². The molecule has 60 valence electrons. The number of allylic oxidation sites excluding steroid dienone is 3. The van der Waals surface area contributed by atoms with Gasteiger partial charge in [-0.3, -0.25) is 9.79 Å². The van der Waals surface area contributed by atoms with Crippen molar-refractivity contribution in [3.8, 4) is 0 Å². The molecule has 0 aliphatic rings. The molecule has 0 aliphatic heterocycles. The Labute approximate surface area is 67.3 Å². The first-order chi connectivity index (χ1) is 5.13. The lowest BCUT2D eigenvalue weighted by atomic mass is 10.1. The lowest BCUT2D eigenvalue weighted by molar-refractivity contribution is -0.104. The smallest absolute Gasteiger partial charge is 0.152 e. The minimum Gasteiger partial charge on any atom is -0.298 e. The Morgan fingerprint density at radius 1 is 1.45 bits per heavy atom. The van der Waals surface area contributed by atoms with Crippen molar-refractivity contribution < 1.29 is 4.79 Å². The molecule has 0 aromatic rings. The summed E-state index contributed by atoms with van der Waals surface area (Å²) in [6.45, 7) is 9.06. The summed E-state index contributed by atoms with van der Waals surface area (Å²) in [4.78, 5) is 14.4. The molecule has 2 heteroatoms. The summed E-state index contributed by atoms with van der Waals surface area (Å²) >= 11 is 0. The van der Waals surface area contributed by atoms with E-state index in [4.69, 9.17) is 0 Å². The molecule has 0 N–H and O–H groups in total. The molecule has 0 fully saturated rings. The first-order valence-corrected chi connectivity index (χ1v) is 3.44. The van der Waals surface area contributed by atoms with Gasteiger partial charge in [0.2, 0.25) is 0 Å². The third-order valence-electron chi connectivity index (χ3n) is 1.29. The molecule has 0 saturated heterocycles. The van der Waals surface area contributed by atoms with Gasteiger partial charge in [0.15, 0.2) is 6.29 Å². The van der Waals surface area contributed by atoms with Crippen molar-refractivity contribution >= 4 is 12.5 Å². The van der Waals surface area contributed by atoms with Crippen molar-refractivity contribution in [2.75, 3.05) is 0 Å². The molecule has 0 aliphatic carbocycles. The predicted octanol–water partition coefficient (Wildman–Crippen LogP) is 2.13. The SMILES string of the molecule is C=C(C)/C(C=O)=C(/C)N=CC. The van der Waals surface area contributed by atoms with Crippen molar-refractivity contribution in [2.24, 2.45) is 4.99 Å². The molecule has 0 rings (SSSR count). The van der Waals surface area contributed by atoms with Gasteiger partial charge in [0.1, 0.15) is 0 Å². The molecule has 0 unspecified atom stereocenters. The van der Waals surface area contributed by atoms with Crippen molar-refractivity contribution in [3.05, 3.63) is 23.4 Å². The van der Waals surface area contributed by atoms with E-state index in [2.05, 4.69) is 11.6 Å². The van der Waals surface area contributed by atoms with Crippen molar-refractivity contribution in [1.82, 2.24) is 0 Å². The van der Waals surface area contributed by atoms with E-state index < -0.39 is 0 Å². The summed E-state index contributed by atoms with van der Waals surface area (Å²) in [6, 6.07) is 0. The fourth-order valence-corrected chi connectivity index (χ4v) is 0.758. The summed E-state index contributed by atoms with van der Waals surface area (Å²) in [6.07, 6.45) is 2.44. The summed E-state index contributed by atoms with van der Waals surface area (Å²) in [5.41, 5.74) is 2.06. The molecule has 0 aromatic heterocycles. The zero-order chi connectivity index (χ0) is 8.85. The molecule has 0 amide bonds. The van der Waals surface area contributed by atoms with Crippen LogP contribution in [0, 0.1) is 0 Å². The number of aldehydes is 1. The topological polar surface area (TPSA) is 29.4 Å². The Balaban J connectivity index is 4.82. The highest BCUT2D eigenvalue weighted by Crippen LogP contribution is 2.10. The number of rotatable bonds is 3. The van der Waals surface area contributed by atoms with Crippen LogP contribution in [0.4, 0.5) is 0 Å². The summed E-state index contributed by atoms with van der Waals surface area (Å²) < 4.78 is 0. The molecule has 0 atom stereocenters. The van der Waals surface area contributed by atoms with Crippen LogP contribution in [0.25, 0.3) is 0 Å². The average molecular weight is 151 g/mol. The van der Waals surface area contributed by atoms with Crippen LogP contribution < -0.4 is 0 Å². The Morgan fingerprint density at radius 2 is 2.00 bits per heavy atom. The van der Waals surface area contributed by atoms with Gasteiger partial charge in [-0.1, -0.05) is 6.58 Å². The highest BCUT2D eigenvalue weighted by molar-refractivity contribution is 5.81. The molecular formula is C9H13NO. The van der Waals surface area contributed by atoms with Crippen molar-refractivity contribution in [1.29, 1.82) is 0 Å². The van der Waals surface area contributed by atoms with Gasteiger partial charge in [0.25, 0.3) is 0 Å². The van der Waals surface area contributed by atoms with Crippen LogP contribution in [0.5, 0.6) is 0 Å². The number of hydrogen-bond donors (Lipinski definition) is 0. The Hall–Kier alpha value is -1.18. The Morgan fingerprint density at radius 3 is 2.27 bits per heavy atom. The number of hydrogen-bond acceptors (Lipinski definition) is 2. The van der Waals surface area contributed by atoms with Gasteiger partial charge in [0.05, 0.1) is 0 Å². The lowest BCUT2D eigenvalue weighted by Gasteiger charge is -1.99. The average Bonchev–Trinajstić information content (AvgIpc) is 1.88. The van der Waals surface area contributed by atoms with E-state index >= 15 is 0 Å². The van der Waals surface area contributed by atoms with E-state index in [0.29, 0.717) is 5.57 Å². The fraction of sp³-hybridized carbons (Fsp3) is 0.333. The molecule has 0 radical (unpaired) electrons. The maximum absolute atomic E-state index is 10.5. The largest absolute Gasteiger partial charge is 0.298 e. The lowest BCUT2D eigenvalue weighted by Crippen LogP contribution is -1.89. The van der Waals surface area contributed by atoms with Crippen molar-refractivity contribution in [2.45, 2.75) is 20.8 Å². The van der Waals surface area contributed by atoms with Crippen LogP contribution in [0.2, 0.25) is 0 Å². The second-order valence-electron chi connectivity index (χ2n) is 2.28. The maximum atomic E-state index is 10.5. The molecule has 0 spiro atoms. The molecular weight excluding hydrogens is 138 g/mol. The van der Waals surface area contributed by atoms with Crippen LogP contribution in [-0.4, -0.2) is 12.5 Å². The van der Waals surface area contributed by atoms with Gasteiger partial charge in [-0.15, -0.1) is 0 Å². The van der Waals surface area contributed by atoms with E-state index in [9.17, 15) is 4.79 Å². The minimum atomic E-state index is 0.586. The van der Waals surface area contributed by atoms with Crippen LogP contribution >= 0.6 is 0 Å². The monoisotopic (exact) mass is 151 g/mol. The van der Waals surface area contributed by atoms with E-state index in [0.717, 1.165) is 17.6 Å². The van der Waals surface area contributed by atoms with E-state index in [1.54, 1.807) is 20.1 Å². The first kappa shape index (κ1) is 9.82. The highest BCUT2D eigenvalue weighted by atomic mass is 16.1. The number of carbonyl (C=O) groups is 1. The van der Waals surface area contributed by atoms with Crippen LogP contribution in [0.15, 0.2) is 28.4 Å². The second-order valence-corrected chi connectivity index (χ2v) is 2.28. The normalized spacial score (nSPS) is 13.0. The first-order valence-electron chi connectivity index (χ1n) is 3.44. The van der Waals surface area contributed by atoms with Crippen molar-refractivity contribution in [3.63, 3.8) is 0 Å². The summed E-state index contributed by atoms with van der Waals surface area (Å²) in [5, 5.41) is 0. The standard InChI is InChI=1S/C9H13NO/c1-5-10-8(4)9(6-11)7(2)3/h5-6H,2H2,1,3-4H3/b9-8-,10-5?. The van der Waals surface area contributed by atoms with Gasteiger partial charge in [-0.25, -0.2) is 0 Å². The van der Waals surface area contributed by atoms with Gasteiger partial charge in [-0.05, 0) is 26.3 Å². The minimum absolute atomic E-state index is 0.586. The quantitative estimate of drug-likeness (QED) is 0.263. The van der Waals surface area contributed by atoms with E-state index in [1.165, 1.54) is 0 Å².